The van der Waals surface area contributed by atoms with Gasteiger partial charge in [0.25, 0.3) is 5.91 Å². The summed E-state index contributed by atoms with van der Waals surface area (Å²) in [5, 5.41) is 12.6. The van der Waals surface area contributed by atoms with Gasteiger partial charge in [-0.3, -0.25) is 4.79 Å². The minimum absolute atomic E-state index is 0.0244. The molecule has 0 bridgehead atoms. The number of hydrogen-bond acceptors (Lipinski definition) is 2. The molecule has 2 N–H and O–H groups in total. The second-order valence-corrected chi connectivity index (χ2v) is 5.75. The number of amides is 1. The first-order valence-corrected chi connectivity index (χ1v) is 7.04. The predicted octanol–water partition coefficient (Wildman–Crippen LogP) is 2.65. The van der Waals surface area contributed by atoms with Crippen LogP contribution in [0, 0.1) is 20.8 Å². The number of carbonyl (C=O) groups is 1. The maximum Gasteiger partial charge on any atom is 0.252 e. The zero-order chi connectivity index (χ0) is 14.0. The zero-order valence-corrected chi connectivity index (χ0v) is 12.0. The topological polar surface area (TPSA) is 49.3 Å². The van der Waals surface area contributed by atoms with Crippen LogP contribution in [0.4, 0.5) is 0 Å². The van der Waals surface area contributed by atoms with Crippen LogP contribution in [0.15, 0.2) is 12.1 Å². The van der Waals surface area contributed by atoms with Crippen LogP contribution in [0.5, 0.6) is 0 Å². The maximum absolute atomic E-state index is 12.4. The molecule has 0 spiro atoms. The SMILES string of the molecule is Cc1cc(C)c(C(=O)NC2CCC(O)CC2)c(C)c1. The molecule has 1 saturated carbocycles. The molecule has 0 heterocycles. The number of benzene rings is 1. The first-order valence-electron chi connectivity index (χ1n) is 7.04. The molecular weight excluding hydrogens is 238 g/mol. The smallest absolute Gasteiger partial charge is 0.252 e. The Morgan fingerprint density at radius 2 is 1.63 bits per heavy atom. The third-order valence-corrected chi connectivity index (χ3v) is 3.94. The van der Waals surface area contributed by atoms with E-state index >= 15 is 0 Å². The highest BCUT2D eigenvalue weighted by atomic mass is 16.3. The molecule has 0 aliphatic heterocycles. The molecule has 1 aromatic carbocycles. The largest absolute Gasteiger partial charge is 0.393 e. The van der Waals surface area contributed by atoms with E-state index in [1.54, 1.807) is 0 Å². The lowest BCUT2D eigenvalue weighted by atomic mass is 9.92. The summed E-state index contributed by atoms with van der Waals surface area (Å²) in [7, 11) is 0. The number of carbonyl (C=O) groups excluding carboxylic acids is 1. The fourth-order valence-corrected chi connectivity index (χ4v) is 3.02. The van der Waals surface area contributed by atoms with Crippen molar-refractivity contribution < 1.29 is 9.90 Å². The van der Waals surface area contributed by atoms with Gasteiger partial charge < -0.3 is 10.4 Å². The number of aliphatic hydroxyl groups is 1. The Hall–Kier alpha value is -1.35. The van der Waals surface area contributed by atoms with Crippen LogP contribution in [0.2, 0.25) is 0 Å². The zero-order valence-electron chi connectivity index (χ0n) is 12.0. The summed E-state index contributed by atoms with van der Waals surface area (Å²) in [6.07, 6.45) is 3.14. The highest BCUT2D eigenvalue weighted by Crippen LogP contribution is 2.20. The van der Waals surface area contributed by atoms with Crippen LogP contribution in [0.25, 0.3) is 0 Å². The van der Waals surface area contributed by atoms with Crippen molar-refractivity contribution in [2.45, 2.75) is 58.6 Å². The van der Waals surface area contributed by atoms with Gasteiger partial charge in [-0.25, -0.2) is 0 Å². The molecule has 3 nitrogen and oxygen atoms in total. The first-order chi connectivity index (χ1) is 8.97. The predicted molar refractivity (Wildman–Crippen MR) is 76.4 cm³/mol. The summed E-state index contributed by atoms with van der Waals surface area (Å²) in [4.78, 5) is 12.4. The summed E-state index contributed by atoms with van der Waals surface area (Å²) < 4.78 is 0. The van der Waals surface area contributed by atoms with Gasteiger partial charge in [-0.15, -0.1) is 0 Å². The van der Waals surface area contributed by atoms with Gasteiger partial charge in [0.1, 0.15) is 0 Å². The van der Waals surface area contributed by atoms with Gasteiger partial charge in [-0.2, -0.15) is 0 Å². The van der Waals surface area contributed by atoms with Crippen LogP contribution >= 0.6 is 0 Å². The van der Waals surface area contributed by atoms with Crippen LogP contribution in [-0.2, 0) is 0 Å². The monoisotopic (exact) mass is 261 g/mol. The van der Waals surface area contributed by atoms with E-state index in [0.29, 0.717) is 0 Å². The number of aliphatic hydroxyl groups excluding tert-OH is 1. The second kappa shape index (κ2) is 5.74. The fraction of sp³-hybridized carbons (Fsp3) is 0.562. The molecule has 1 aliphatic carbocycles. The molecule has 3 heteroatoms. The minimum atomic E-state index is -0.184. The average molecular weight is 261 g/mol. The van der Waals surface area contributed by atoms with Crippen molar-refractivity contribution in [1.29, 1.82) is 0 Å². The van der Waals surface area contributed by atoms with Gasteiger partial charge in [0.05, 0.1) is 6.10 Å². The molecule has 1 aliphatic rings. The van der Waals surface area contributed by atoms with Crippen molar-refractivity contribution in [2.75, 3.05) is 0 Å². The lowest BCUT2D eigenvalue weighted by molar-refractivity contribution is 0.0866. The van der Waals surface area contributed by atoms with Gasteiger partial charge in [0, 0.05) is 11.6 Å². The molecule has 1 fully saturated rings. The van der Waals surface area contributed by atoms with E-state index in [-0.39, 0.29) is 18.1 Å². The van der Waals surface area contributed by atoms with Crippen LogP contribution < -0.4 is 5.32 Å². The fourth-order valence-electron chi connectivity index (χ4n) is 3.02. The minimum Gasteiger partial charge on any atom is -0.393 e. The summed E-state index contributed by atoms with van der Waals surface area (Å²) in [5.74, 6) is 0.0244. The Morgan fingerprint density at radius 1 is 1.11 bits per heavy atom. The quantitative estimate of drug-likeness (QED) is 0.860. The molecule has 2 rings (SSSR count). The Kier molecular flexibility index (Phi) is 4.25. The Labute approximate surface area is 115 Å². The van der Waals surface area contributed by atoms with Crippen molar-refractivity contribution in [2.24, 2.45) is 0 Å². The first kappa shape index (κ1) is 14.1. The number of aryl methyl sites for hydroxylation is 3. The molecular formula is C16H23NO2. The molecule has 0 atom stereocenters. The number of nitrogens with one attached hydrogen (secondary N) is 1. The standard InChI is InChI=1S/C16H23NO2/c1-10-8-11(2)15(12(3)9-10)16(19)17-13-4-6-14(18)7-5-13/h8-9,13-14,18H,4-7H2,1-3H3,(H,17,19). The summed E-state index contributed by atoms with van der Waals surface area (Å²) in [6.45, 7) is 6.02. The highest BCUT2D eigenvalue weighted by Gasteiger charge is 2.22. The van der Waals surface area contributed by atoms with Crippen molar-refractivity contribution >= 4 is 5.91 Å². The van der Waals surface area contributed by atoms with Gasteiger partial charge in [-0.05, 0) is 57.6 Å². The Balaban J connectivity index is 2.08. The molecule has 104 valence electrons. The third-order valence-electron chi connectivity index (χ3n) is 3.94. The normalized spacial score (nSPS) is 23.2. The van der Waals surface area contributed by atoms with E-state index in [9.17, 15) is 9.90 Å². The number of rotatable bonds is 2. The van der Waals surface area contributed by atoms with E-state index in [1.165, 1.54) is 5.56 Å². The van der Waals surface area contributed by atoms with Crippen LogP contribution in [-0.4, -0.2) is 23.2 Å². The molecule has 19 heavy (non-hydrogen) atoms. The Morgan fingerprint density at radius 3 is 2.16 bits per heavy atom. The van der Waals surface area contributed by atoms with E-state index in [4.69, 9.17) is 0 Å². The molecule has 0 saturated heterocycles. The second-order valence-electron chi connectivity index (χ2n) is 5.75. The lowest BCUT2D eigenvalue weighted by Crippen LogP contribution is -2.39. The van der Waals surface area contributed by atoms with Gasteiger partial charge in [0.15, 0.2) is 0 Å². The van der Waals surface area contributed by atoms with Crippen LogP contribution in [0.3, 0.4) is 0 Å². The van der Waals surface area contributed by atoms with Crippen molar-refractivity contribution in [3.63, 3.8) is 0 Å². The van der Waals surface area contributed by atoms with Gasteiger partial charge in [-0.1, -0.05) is 17.7 Å². The van der Waals surface area contributed by atoms with Crippen molar-refractivity contribution in [3.8, 4) is 0 Å². The number of hydrogen-bond donors (Lipinski definition) is 2. The van der Waals surface area contributed by atoms with E-state index in [2.05, 4.69) is 5.32 Å². The van der Waals surface area contributed by atoms with E-state index in [0.717, 1.165) is 42.4 Å². The van der Waals surface area contributed by atoms with Gasteiger partial charge in [0.2, 0.25) is 0 Å². The summed E-state index contributed by atoms with van der Waals surface area (Å²) in [5.41, 5.74) is 4.06. The molecule has 0 aromatic heterocycles. The van der Waals surface area contributed by atoms with Gasteiger partial charge >= 0.3 is 0 Å². The molecule has 1 aromatic rings. The van der Waals surface area contributed by atoms with Crippen LogP contribution in [0.1, 0.15) is 52.7 Å². The summed E-state index contributed by atoms with van der Waals surface area (Å²) >= 11 is 0. The maximum atomic E-state index is 12.4. The highest BCUT2D eigenvalue weighted by molar-refractivity contribution is 5.97. The van der Waals surface area contributed by atoms with Crippen molar-refractivity contribution in [3.05, 3.63) is 34.4 Å². The molecule has 0 radical (unpaired) electrons. The van der Waals surface area contributed by atoms with E-state index in [1.807, 2.05) is 32.9 Å². The average Bonchev–Trinajstić information content (AvgIpc) is 2.30. The molecule has 1 amide bonds. The summed E-state index contributed by atoms with van der Waals surface area (Å²) in [6, 6.07) is 4.30. The van der Waals surface area contributed by atoms with Crippen molar-refractivity contribution in [1.82, 2.24) is 5.32 Å². The Bertz CT molecular complexity index is 451. The van der Waals surface area contributed by atoms with E-state index < -0.39 is 0 Å². The third kappa shape index (κ3) is 3.35. The lowest BCUT2D eigenvalue weighted by Gasteiger charge is -2.26. The molecule has 0 unspecified atom stereocenters.